The molecule has 0 bridgehead atoms. The average Bonchev–Trinajstić information content (AvgIpc) is 2.58. The molecule has 0 radical (unpaired) electrons. The smallest absolute Gasteiger partial charge is 0.178 e. The van der Waals surface area contributed by atoms with Crippen LogP contribution in [0.3, 0.4) is 0 Å². The van der Waals surface area contributed by atoms with Crippen molar-refractivity contribution in [1.29, 1.82) is 0 Å². The van der Waals surface area contributed by atoms with E-state index in [1.165, 1.54) is 5.56 Å². The van der Waals surface area contributed by atoms with Crippen LogP contribution in [0, 0.1) is 13.8 Å². The number of rotatable bonds is 1. The Hall–Kier alpha value is -0.900. The first-order valence-electron chi connectivity index (χ1n) is 5.03. The average molecular weight is 268 g/mol. The van der Waals surface area contributed by atoms with Crippen molar-refractivity contribution in [2.45, 2.75) is 33.6 Å². The molecule has 0 amide bonds. The van der Waals surface area contributed by atoms with Gasteiger partial charge in [-0.2, -0.15) is 0 Å². The third kappa shape index (κ3) is 1.67. The quantitative estimate of drug-likeness (QED) is 0.860. The van der Waals surface area contributed by atoms with Gasteiger partial charge >= 0.3 is 0 Å². The molecule has 1 N–H and O–H groups in total. The Morgan fingerprint density at radius 2 is 1.87 bits per heavy atom. The SMILES string of the molecule is Cc1nc2nc(C(C)C)[nH]c2c(C)c1Br. The largest absolute Gasteiger partial charge is 0.340 e. The Balaban J connectivity index is 2.76. The van der Waals surface area contributed by atoms with Gasteiger partial charge in [-0.05, 0) is 35.3 Å². The van der Waals surface area contributed by atoms with Crippen LogP contribution in [0.1, 0.15) is 36.8 Å². The normalized spacial score (nSPS) is 11.6. The molecule has 0 aliphatic carbocycles. The molecule has 80 valence electrons. The summed E-state index contributed by atoms with van der Waals surface area (Å²) in [6.45, 7) is 8.30. The van der Waals surface area contributed by atoms with Gasteiger partial charge in [-0.25, -0.2) is 9.97 Å². The summed E-state index contributed by atoms with van der Waals surface area (Å²) >= 11 is 3.54. The van der Waals surface area contributed by atoms with Crippen LogP contribution in [0.25, 0.3) is 11.2 Å². The molecular weight excluding hydrogens is 254 g/mol. The van der Waals surface area contributed by atoms with Gasteiger partial charge in [0.15, 0.2) is 5.65 Å². The van der Waals surface area contributed by atoms with Crippen LogP contribution >= 0.6 is 15.9 Å². The fraction of sp³-hybridized carbons (Fsp3) is 0.455. The van der Waals surface area contributed by atoms with Crippen molar-refractivity contribution in [1.82, 2.24) is 15.0 Å². The molecule has 2 aromatic rings. The molecular formula is C11H14BrN3. The third-order valence-electron chi connectivity index (χ3n) is 2.55. The Bertz CT molecular complexity index is 514. The second-order valence-electron chi connectivity index (χ2n) is 4.11. The molecule has 0 atom stereocenters. The van der Waals surface area contributed by atoms with Crippen molar-refractivity contribution in [3.8, 4) is 0 Å². The van der Waals surface area contributed by atoms with Gasteiger partial charge in [0.25, 0.3) is 0 Å². The molecule has 0 fully saturated rings. The van der Waals surface area contributed by atoms with Crippen molar-refractivity contribution in [2.24, 2.45) is 0 Å². The lowest BCUT2D eigenvalue weighted by Gasteiger charge is -2.01. The molecule has 2 rings (SSSR count). The molecule has 2 aromatic heterocycles. The maximum Gasteiger partial charge on any atom is 0.178 e. The molecule has 0 aliphatic heterocycles. The molecule has 0 spiro atoms. The topological polar surface area (TPSA) is 41.6 Å². The highest BCUT2D eigenvalue weighted by Crippen LogP contribution is 2.26. The number of nitrogens with one attached hydrogen (secondary N) is 1. The van der Waals surface area contributed by atoms with E-state index >= 15 is 0 Å². The van der Waals surface area contributed by atoms with E-state index in [-0.39, 0.29) is 0 Å². The lowest BCUT2D eigenvalue weighted by molar-refractivity contribution is 0.798. The van der Waals surface area contributed by atoms with Gasteiger partial charge in [0.1, 0.15) is 5.82 Å². The molecule has 0 unspecified atom stereocenters. The van der Waals surface area contributed by atoms with E-state index in [1.54, 1.807) is 0 Å². The summed E-state index contributed by atoms with van der Waals surface area (Å²) in [4.78, 5) is 12.3. The standard InChI is InChI=1S/C11H14BrN3/c1-5(2)10-14-9-6(3)8(12)7(4)13-11(9)15-10/h5H,1-4H3,(H,13,14,15). The third-order valence-corrected chi connectivity index (χ3v) is 3.71. The number of aromatic amines is 1. The number of halogens is 1. The van der Waals surface area contributed by atoms with E-state index in [1.807, 2.05) is 6.92 Å². The summed E-state index contributed by atoms with van der Waals surface area (Å²) in [5, 5.41) is 0. The number of hydrogen-bond donors (Lipinski definition) is 1. The molecule has 0 saturated heterocycles. The number of aromatic nitrogens is 3. The number of aryl methyl sites for hydroxylation is 2. The number of imidazole rings is 1. The second-order valence-corrected chi connectivity index (χ2v) is 4.90. The summed E-state index contributed by atoms with van der Waals surface area (Å²) in [7, 11) is 0. The van der Waals surface area contributed by atoms with Crippen LogP contribution in [-0.2, 0) is 0 Å². The van der Waals surface area contributed by atoms with E-state index in [2.05, 4.69) is 51.7 Å². The van der Waals surface area contributed by atoms with E-state index in [9.17, 15) is 0 Å². The fourth-order valence-electron chi connectivity index (χ4n) is 1.59. The van der Waals surface area contributed by atoms with Gasteiger partial charge in [-0.3, -0.25) is 0 Å². The maximum atomic E-state index is 4.49. The summed E-state index contributed by atoms with van der Waals surface area (Å²) in [5.41, 5.74) is 4.02. The molecule has 0 aliphatic rings. The van der Waals surface area contributed by atoms with E-state index in [0.717, 1.165) is 27.2 Å². The Morgan fingerprint density at radius 1 is 1.20 bits per heavy atom. The summed E-state index contributed by atoms with van der Waals surface area (Å²) in [6, 6.07) is 0. The minimum atomic E-state index is 0.401. The van der Waals surface area contributed by atoms with Crippen molar-refractivity contribution >= 4 is 27.1 Å². The maximum absolute atomic E-state index is 4.49. The highest BCUT2D eigenvalue weighted by atomic mass is 79.9. The van der Waals surface area contributed by atoms with Gasteiger partial charge < -0.3 is 4.98 Å². The summed E-state index contributed by atoms with van der Waals surface area (Å²) in [5.74, 6) is 1.40. The van der Waals surface area contributed by atoms with Crippen LogP contribution in [0.15, 0.2) is 4.47 Å². The zero-order chi connectivity index (χ0) is 11.2. The molecule has 15 heavy (non-hydrogen) atoms. The zero-order valence-corrected chi connectivity index (χ0v) is 10.9. The monoisotopic (exact) mass is 267 g/mol. The fourth-order valence-corrected chi connectivity index (χ4v) is 1.87. The first kappa shape index (κ1) is 10.6. The number of H-pyrrole nitrogens is 1. The molecule has 4 heteroatoms. The van der Waals surface area contributed by atoms with Gasteiger partial charge in [-0.1, -0.05) is 13.8 Å². The van der Waals surface area contributed by atoms with Gasteiger partial charge in [0, 0.05) is 10.4 Å². The number of hydrogen-bond acceptors (Lipinski definition) is 2. The van der Waals surface area contributed by atoms with Crippen LogP contribution in [0.2, 0.25) is 0 Å². The van der Waals surface area contributed by atoms with E-state index in [0.29, 0.717) is 5.92 Å². The molecule has 0 saturated carbocycles. The highest BCUT2D eigenvalue weighted by Gasteiger charge is 2.12. The number of fused-ring (bicyclic) bond motifs is 1. The minimum Gasteiger partial charge on any atom is -0.340 e. The van der Waals surface area contributed by atoms with Gasteiger partial charge in [0.05, 0.1) is 11.2 Å². The summed E-state index contributed by atoms with van der Waals surface area (Å²) < 4.78 is 1.06. The van der Waals surface area contributed by atoms with Crippen molar-refractivity contribution in [3.05, 3.63) is 21.6 Å². The molecule has 3 nitrogen and oxygen atoms in total. The molecule has 2 heterocycles. The van der Waals surface area contributed by atoms with E-state index < -0.39 is 0 Å². The Labute approximate surface area is 97.5 Å². The van der Waals surface area contributed by atoms with Crippen molar-refractivity contribution in [3.63, 3.8) is 0 Å². The van der Waals surface area contributed by atoms with Crippen molar-refractivity contribution in [2.75, 3.05) is 0 Å². The highest BCUT2D eigenvalue weighted by molar-refractivity contribution is 9.10. The Morgan fingerprint density at radius 3 is 2.47 bits per heavy atom. The zero-order valence-electron chi connectivity index (χ0n) is 9.35. The van der Waals surface area contributed by atoms with Crippen molar-refractivity contribution < 1.29 is 0 Å². The predicted molar refractivity (Wildman–Crippen MR) is 65.2 cm³/mol. The van der Waals surface area contributed by atoms with Gasteiger partial charge in [-0.15, -0.1) is 0 Å². The minimum absolute atomic E-state index is 0.401. The second kappa shape index (κ2) is 3.59. The molecule has 0 aromatic carbocycles. The van der Waals surface area contributed by atoms with Crippen LogP contribution in [0.5, 0.6) is 0 Å². The first-order valence-corrected chi connectivity index (χ1v) is 5.82. The summed E-state index contributed by atoms with van der Waals surface area (Å²) in [6.07, 6.45) is 0. The van der Waals surface area contributed by atoms with Crippen LogP contribution < -0.4 is 0 Å². The van der Waals surface area contributed by atoms with Gasteiger partial charge in [0.2, 0.25) is 0 Å². The number of nitrogens with zero attached hydrogens (tertiary/aromatic N) is 2. The van der Waals surface area contributed by atoms with Crippen LogP contribution in [0.4, 0.5) is 0 Å². The predicted octanol–water partition coefficient (Wildman–Crippen LogP) is 3.46. The Kier molecular flexibility index (Phi) is 2.54. The lowest BCUT2D eigenvalue weighted by atomic mass is 10.2. The van der Waals surface area contributed by atoms with E-state index in [4.69, 9.17) is 0 Å². The number of pyridine rings is 1. The first-order chi connectivity index (χ1) is 7.00. The lowest BCUT2D eigenvalue weighted by Crippen LogP contribution is -1.89. The van der Waals surface area contributed by atoms with Crippen LogP contribution in [-0.4, -0.2) is 15.0 Å².